The van der Waals surface area contributed by atoms with E-state index >= 15 is 0 Å². The highest BCUT2D eigenvalue weighted by Gasteiger charge is 2.52. The molecule has 1 N–H and O–H groups in total. The minimum absolute atomic E-state index is 0.103. The van der Waals surface area contributed by atoms with Crippen molar-refractivity contribution in [1.82, 2.24) is 5.32 Å². The van der Waals surface area contributed by atoms with E-state index < -0.39 is 17.3 Å². The van der Waals surface area contributed by atoms with Gasteiger partial charge in [0.1, 0.15) is 5.41 Å². The number of esters is 1. The molecule has 134 valence electrons. The van der Waals surface area contributed by atoms with E-state index in [4.69, 9.17) is 4.74 Å². The largest absolute Gasteiger partial charge is 0.465 e. The molecule has 1 aromatic carbocycles. The zero-order chi connectivity index (χ0) is 17.9. The molecule has 2 aliphatic rings. The molecule has 0 aromatic heterocycles. The van der Waals surface area contributed by atoms with Gasteiger partial charge in [-0.15, -0.1) is 0 Å². The molecule has 1 aliphatic heterocycles. The summed E-state index contributed by atoms with van der Waals surface area (Å²) in [6, 6.07) is 7.83. The molecule has 0 spiro atoms. The van der Waals surface area contributed by atoms with E-state index in [0.29, 0.717) is 19.4 Å². The van der Waals surface area contributed by atoms with Gasteiger partial charge in [0.15, 0.2) is 0 Å². The number of nitrogens with one attached hydrogen (secondary N) is 1. The molecule has 0 radical (unpaired) electrons. The topological polar surface area (TPSA) is 75.7 Å². The summed E-state index contributed by atoms with van der Waals surface area (Å²) in [6.07, 6.45) is 3.65. The van der Waals surface area contributed by atoms with Crippen LogP contribution in [-0.4, -0.2) is 37.5 Å². The van der Waals surface area contributed by atoms with Crippen LogP contribution in [0.15, 0.2) is 24.3 Å². The van der Waals surface area contributed by atoms with E-state index in [2.05, 4.69) is 5.32 Å². The van der Waals surface area contributed by atoms with E-state index in [0.717, 1.165) is 30.5 Å². The first-order valence-electron chi connectivity index (χ1n) is 8.92. The third kappa shape index (κ3) is 3.25. The second-order valence-electron chi connectivity index (χ2n) is 6.62. The molecule has 3 rings (SSSR count). The van der Waals surface area contributed by atoms with Gasteiger partial charge in [-0.1, -0.05) is 24.6 Å². The van der Waals surface area contributed by atoms with Crippen LogP contribution in [0.5, 0.6) is 0 Å². The Hall–Kier alpha value is -2.37. The second kappa shape index (κ2) is 7.25. The second-order valence-corrected chi connectivity index (χ2v) is 6.62. The highest BCUT2D eigenvalue weighted by molar-refractivity contribution is 6.05. The van der Waals surface area contributed by atoms with Gasteiger partial charge in [0.05, 0.1) is 13.2 Å². The van der Waals surface area contributed by atoms with Gasteiger partial charge in [-0.2, -0.15) is 0 Å². The molecule has 1 fully saturated rings. The molecule has 2 amide bonds. The SMILES string of the molecule is CCOC(=O)C1(C(=O)NCC(=O)N2CCCc3ccccc32)CCC1. The maximum Gasteiger partial charge on any atom is 0.321 e. The van der Waals surface area contributed by atoms with Gasteiger partial charge in [-0.25, -0.2) is 0 Å². The molecule has 1 heterocycles. The maximum absolute atomic E-state index is 12.6. The fraction of sp³-hybridized carbons (Fsp3) is 0.526. The fourth-order valence-corrected chi connectivity index (χ4v) is 3.54. The quantitative estimate of drug-likeness (QED) is 0.653. The van der Waals surface area contributed by atoms with Crippen LogP contribution in [0.2, 0.25) is 0 Å². The zero-order valence-electron chi connectivity index (χ0n) is 14.5. The molecule has 0 atom stereocenters. The van der Waals surface area contributed by atoms with Crippen molar-refractivity contribution >= 4 is 23.5 Å². The summed E-state index contributed by atoms with van der Waals surface area (Å²) in [6.45, 7) is 2.51. The van der Waals surface area contributed by atoms with Crippen molar-refractivity contribution in [2.75, 3.05) is 24.6 Å². The lowest BCUT2D eigenvalue weighted by Gasteiger charge is -2.37. The molecule has 0 saturated heterocycles. The number of benzene rings is 1. The molecule has 0 bridgehead atoms. The van der Waals surface area contributed by atoms with E-state index in [-0.39, 0.29) is 19.1 Å². The number of amides is 2. The van der Waals surface area contributed by atoms with Crippen molar-refractivity contribution in [3.63, 3.8) is 0 Å². The summed E-state index contributed by atoms with van der Waals surface area (Å²) in [5.41, 5.74) is 0.961. The predicted molar refractivity (Wildman–Crippen MR) is 93.0 cm³/mol. The molecule has 6 nitrogen and oxygen atoms in total. The summed E-state index contributed by atoms with van der Waals surface area (Å²) >= 11 is 0. The maximum atomic E-state index is 12.6. The molecular weight excluding hydrogens is 320 g/mol. The van der Waals surface area contributed by atoms with Gasteiger partial charge in [-0.05, 0) is 44.2 Å². The lowest BCUT2D eigenvalue weighted by molar-refractivity contribution is -0.167. The number of ether oxygens (including phenoxy) is 1. The highest BCUT2D eigenvalue weighted by atomic mass is 16.5. The Morgan fingerprint density at radius 3 is 2.64 bits per heavy atom. The summed E-state index contributed by atoms with van der Waals surface area (Å²) in [4.78, 5) is 38.9. The number of hydrogen-bond donors (Lipinski definition) is 1. The van der Waals surface area contributed by atoms with Crippen molar-refractivity contribution in [1.29, 1.82) is 0 Å². The molecular formula is C19H24N2O4. The summed E-state index contributed by atoms with van der Waals surface area (Å²) in [5.74, 6) is -1.02. The van der Waals surface area contributed by atoms with Gasteiger partial charge in [0.2, 0.25) is 11.8 Å². The molecule has 1 saturated carbocycles. The first-order valence-corrected chi connectivity index (χ1v) is 8.92. The number of nitrogens with zero attached hydrogens (tertiary/aromatic N) is 1. The summed E-state index contributed by atoms with van der Waals surface area (Å²) in [5, 5.41) is 2.66. The van der Waals surface area contributed by atoms with Crippen LogP contribution in [0.3, 0.4) is 0 Å². The van der Waals surface area contributed by atoms with E-state index in [1.165, 1.54) is 0 Å². The molecule has 0 unspecified atom stereocenters. The van der Waals surface area contributed by atoms with E-state index in [1.807, 2.05) is 24.3 Å². The third-order valence-electron chi connectivity index (χ3n) is 5.12. The van der Waals surface area contributed by atoms with Gasteiger partial charge < -0.3 is 15.0 Å². The standard InChI is InChI=1S/C19H24N2O4/c1-2-25-18(24)19(10-6-11-19)17(23)20-13-16(22)21-12-5-8-14-7-3-4-9-15(14)21/h3-4,7,9H,2,5-6,8,10-13H2,1H3,(H,20,23). The van der Waals surface area contributed by atoms with Crippen LogP contribution in [0.25, 0.3) is 0 Å². The monoisotopic (exact) mass is 344 g/mol. The Morgan fingerprint density at radius 1 is 1.20 bits per heavy atom. The van der Waals surface area contributed by atoms with Gasteiger partial charge in [0, 0.05) is 12.2 Å². The Morgan fingerprint density at radius 2 is 1.96 bits per heavy atom. The Labute approximate surface area is 147 Å². The van der Waals surface area contributed by atoms with Crippen molar-refractivity contribution in [3.05, 3.63) is 29.8 Å². The van der Waals surface area contributed by atoms with Crippen LogP contribution in [-0.2, 0) is 25.5 Å². The number of anilines is 1. The van der Waals surface area contributed by atoms with Crippen LogP contribution in [0, 0.1) is 5.41 Å². The number of para-hydroxylation sites is 1. The van der Waals surface area contributed by atoms with Crippen LogP contribution >= 0.6 is 0 Å². The number of hydrogen-bond acceptors (Lipinski definition) is 4. The normalized spacial score (nSPS) is 17.9. The van der Waals surface area contributed by atoms with Crippen LogP contribution in [0.4, 0.5) is 5.69 Å². The average molecular weight is 344 g/mol. The van der Waals surface area contributed by atoms with Crippen molar-refractivity contribution in [3.8, 4) is 0 Å². The fourth-order valence-electron chi connectivity index (χ4n) is 3.54. The van der Waals surface area contributed by atoms with Crippen LogP contribution in [0.1, 0.15) is 38.2 Å². The summed E-state index contributed by atoms with van der Waals surface area (Å²) < 4.78 is 5.04. The lowest BCUT2D eigenvalue weighted by Crippen LogP contribution is -2.54. The first kappa shape index (κ1) is 17.5. The van der Waals surface area contributed by atoms with E-state index in [9.17, 15) is 14.4 Å². The Bertz CT molecular complexity index is 682. The van der Waals surface area contributed by atoms with E-state index in [1.54, 1.807) is 11.8 Å². The Kier molecular flexibility index (Phi) is 5.06. The minimum atomic E-state index is -1.10. The molecule has 1 aliphatic carbocycles. The number of carbonyl (C=O) groups is 3. The average Bonchev–Trinajstić information content (AvgIpc) is 2.58. The molecule has 25 heavy (non-hydrogen) atoms. The number of carbonyl (C=O) groups excluding carboxylic acids is 3. The number of rotatable bonds is 5. The van der Waals surface area contributed by atoms with Gasteiger partial charge in [0.25, 0.3) is 0 Å². The molecule has 6 heteroatoms. The Balaban J connectivity index is 1.63. The number of aryl methyl sites for hydroxylation is 1. The summed E-state index contributed by atoms with van der Waals surface area (Å²) in [7, 11) is 0. The lowest BCUT2D eigenvalue weighted by atomic mass is 9.68. The minimum Gasteiger partial charge on any atom is -0.465 e. The zero-order valence-corrected chi connectivity index (χ0v) is 14.5. The highest BCUT2D eigenvalue weighted by Crippen LogP contribution is 2.42. The van der Waals surface area contributed by atoms with Gasteiger partial charge in [-0.3, -0.25) is 14.4 Å². The van der Waals surface area contributed by atoms with Crippen molar-refractivity contribution in [2.24, 2.45) is 5.41 Å². The van der Waals surface area contributed by atoms with Crippen molar-refractivity contribution < 1.29 is 19.1 Å². The number of fused-ring (bicyclic) bond motifs is 1. The smallest absolute Gasteiger partial charge is 0.321 e. The first-order chi connectivity index (χ1) is 12.1. The van der Waals surface area contributed by atoms with Gasteiger partial charge >= 0.3 is 5.97 Å². The molecule has 1 aromatic rings. The van der Waals surface area contributed by atoms with Crippen molar-refractivity contribution in [2.45, 2.75) is 39.0 Å². The predicted octanol–water partition coefficient (Wildman–Crippen LogP) is 1.82. The third-order valence-corrected chi connectivity index (χ3v) is 5.12. The van der Waals surface area contributed by atoms with Crippen LogP contribution < -0.4 is 10.2 Å².